The average Bonchev–Trinajstić information content (AvgIpc) is 2.85. The molecule has 1 heterocycles. The lowest BCUT2D eigenvalue weighted by Crippen LogP contribution is -2.34. The molecule has 0 aromatic heterocycles. The number of aliphatic hydroxyl groups excluding tert-OH is 1. The maximum atomic E-state index is 13.0. The Hall–Kier alpha value is -2.73. The fourth-order valence-electron chi connectivity index (χ4n) is 2.70. The lowest BCUT2D eigenvalue weighted by Gasteiger charge is -2.16. The van der Waals surface area contributed by atoms with Crippen LogP contribution >= 0.6 is 0 Å². The number of nitrogens with zero attached hydrogens (tertiary/aromatic N) is 1. The van der Waals surface area contributed by atoms with E-state index in [2.05, 4.69) is 5.32 Å². The Morgan fingerprint density at radius 3 is 2.38 bits per heavy atom. The van der Waals surface area contributed by atoms with Crippen molar-refractivity contribution in [3.63, 3.8) is 0 Å². The highest BCUT2D eigenvalue weighted by Gasteiger charge is 2.39. The molecular formula is C18H17FN2O3. The second-order valence-corrected chi connectivity index (χ2v) is 5.62. The number of rotatable bonds is 5. The minimum Gasteiger partial charge on any atom is -0.396 e. The summed E-state index contributed by atoms with van der Waals surface area (Å²) in [4.78, 5) is 25.7. The third-order valence-corrected chi connectivity index (χ3v) is 3.93. The number of hydrogen-bond donors (Lipinski definition) is 2. The van der Waals surface area contributed by atoms with Gasteiger partial charge in [0.15, 0.2) is 0 Å². The molecule has 1 saturated heterocycles. The van der Waals surface area contributed by atoms with E-state index in [-0.39, 0.29) is 24.8 Å². The summed E-state index contributed by atoms with van der Waals surface area (Å²) in [7, 11) is 0. The van der Waals surface area contributed by atoms with E-state index in [9.17, 15) is 14.0 Å². The number of benzene rings is 2. The highest BCUT2D eigenvalue weighted by Crippen LogP contribution is 2.25. The molecule has 0 unspecified atom stereocenters. The van der Waals surface area contributed by atoms with Crippen LogP contribution in [0.5, 0.6) is 0 Å². The molecule has 1 aliphatic heterocycles. The highest BCUT2D eigenvalue weighted by molar-refractivity contribution is 6.23. The Morgan fingerprint density at radius 2 is 1.75 bits per heavy atom. The first-order chi connectivity index (χ1) is 11.6. The summed E-state index contributed by atoms with van der Waals surface area (Å²) in [6.07, 6.45) is 0.619. The van der Waals surface area contributed by atoms with Crippen molar-refractivity contribution in [3.05, 3.63) is 59.9 Å². The first-order valence-corrected chi connectivity index (χ1v) is 7.67. The van der Waals surface area contributed by atoms with Gasteiger partial charge in [-0.2, -0.15) is 0 Å². The number of aliphatic hydroxyl groups is 1. The number of amides is 2. The summed E-state index contributed by atoms with van der Waals surface area (Å²) in [5.41, 5.74) is 2.09. The molecule has 0 aliphatic carbocycles. The SMILES string of the molecule is O=C1C[C@@H](Nc2ccc(CCO)cc2)C(=O)N1c1ccc(F)cc1. The zero-order valence-electron chi connectivity index (χ0n) is 12.9. The second kappa shape index (κ2) is 6.80. The average molecular weight is 328 g/mol. The molecule has 2 aromatic rings. The Kier molecular flexibility index (Phi) is 4.57. The van der Waals surface area contributed by atoms with Crippen molar-refractivity contribution in [3.8, 4) is 0 Å². The molecule has 1 aliphatic rings. The van der Waals surface area contributed by atoms with Crippen molar-refractivity contribution in [2.24, 2.45) is 0 Å². The monoisotopic (exact) mass is 328 g/mol. The third kappa shape index (κ3) is 3.28. The van der Waals surface area contributed by atoms with E-state index < -0.39 is 11.9 Å². The lowest BCUT2D eigenvalue weighted by atomic mass is 10.1. The number of imide groups is 1. The number of halogens is 1. The fourth-order valence-corrected chi connectivity index (χ4v) is 2.70. The maximum absolute atomic E-state index is 13.0. The summed E-state index contributed by atoms with van der Waals surface area (Å²) in [6.45, 7) is 0.0784. The van der Waals surface area contributed by atoms with Crippen molar-refractivity contribution < 1.29 is 19.1 Å². The van der Waals surface area contributed by atoms with Gasteiger partial charge in [-0.1, -0.05) is 12.1 Å². The van der Waals surface area contributed by atoms with Gasteiger partial charge in [-0.25, -0.2) is 9.29 Å². The van der Waals surface area contributed by atoms with Gasteiger partial charge in [0.25, 0.3) is 5.91 Å². The molecule has 124 valence electrons. The molecule has 5 nitrogen and oxygen atoms in total. The van der Waals surface area contributed by atoms with Crippen molar-refractivity contribution in [2.75, 3.05) is 16.8 Å². The van der Waals surface area contributed by atoms with Gasteiger partial charge >= 0.3 is 0 Å². The second-order valence-electron chi connectivity index (χ2n) is 5.62. The van der Waals surface area contributed by atoms with Crippen LogP contribution in [0.25, 0.3) is 0 Å². The van der Waals surface area contributed by atoms with Gasteiger partial charge in [0, 0.05) is 12.3 Å². The van der Waals surface area contributed by atoms with E-state index in [0.29, 0.717) is 12.1 Å². The standard InChI is InChI=1S/C18H17FN2O3/c19-13-3-7-15(8-4-13)21-17(23)11-16(18(21)24)20-14-5-1-12(2-6-14)9-10-22/h1-8,16,20,22H,9-11H2/t16-/m1/s1. The molecule has 0 radical (unpaired) electrons. The first kappa shape index (κ1) is 16.1. The highest BCUT2D eigenvalue weighted by atomic mass is 19.1. The van der Waals surface area contributed by atoms with Crippen LogP contribution < -0.4 is 10.2 Å². The molecule has 3 rings (SSSR count). The van der Waals surface area contributed by atoms with Crippen molar-refractivity contribution in [1.29, 1.82) is 0 Å². The van der Waals surface area contributed by atoms with Crippen LogP contribution in [-0.4, -0.2) is 29.6 Å². The first-order valence-electron chi connectivity index (χ1n) is 7.67. The van der Waals surface area contributed by atoms with Gasteiger partial charge in [-0.15, -0.1) is 0 Å². The van der Waals surface area contributed by atoms with E-state index >= 15 is 0 Å². The molecule has 2 amide bonds. The topological polar surface area (TPSA) is 69.6 Å². The predicted molar refractivity (Wildman–Crippen MR) is 88.2 cm³/mol. The Bertz CT molecular complexity index is 744. The van der Waals surface area contributed by atoms with E-state index in [0.717, 1.165) is 16.2 Å². The predicted octanol–water partition coefficient (Wildman–Crippen LogP) is 2.10. The van der Waals surface area contributed by atoms with E-state index in [1.165, 1.54) is 24.3 Å². The smallest absolute Gasteiger partial charge is 0.256 e. The van der Waals surface area contributed by atoms with E-state index in [4.69, 9.17) is 5.11 Å². The Labute approximate surface area is 138 Å². The molecule has 2 N–H and O–H groups in total. The van der Waals surface area contributed by atoms with Gasteiger partial charge in [-0.05, 0) is 48.4 Å². The normalized spacial score (nSPS) is 17.4. The lowest BCUT2D eigenvalue weighted by molar-refractivity contribution is -0.121. The van der Waals surface area contributed by atoms with Gasteiger partial charge in [-0.3, -0.25) is 9.59 Å². The molecule has 6 heteroatoms. The molecule has 2 aromatic carbocycles. The molecule has 0 spiro atoms. The van der Waals surface area contributed by atoms with Crippen molar-refractivity contribution in [1.82, 2.24) is 0 Å². The number of carbonyl (C=O) groups excluding carboxylic acids is 2. The van der Waals surface area contributed by atoms with Crippen molar-refractivity contribution >= 4 is 23.2 Å². The number of carbonyl (C=O) groups is 2. The van der Waals surface area contributed by atoms with Crippen LogP contribution in [0.3, 0.4) is 0 Å². The molecular weight excluding hydrogens is 311 g/mol. The van der Waals surface area contributed by atoms with Crippen LogP contribution in [0.15, 0.2) is 48.5 Å². The van der Waals surface area contributed by atoms with Crippen LogP contribution in [0.1, 0.15) is 12.0 Å². The van der Waals surface area contributed by atoms with Gasteiger partial charge in [0.05, 0.1) is 12.1 Å². The summed E-state index contributed by atoms with van der Waals surface area (Å²) in [5.74, 6) is -1.09. The summed E-state index contributed by atoms with van der Waals surface area (Å²) >= 11 is 0. The van der Waals surface area contributed by atoms with Crippen LogP contribution in [-0.2, 0) is 16.0 Å². The number of anilines is 2. The zero-order chi connectivity index (χ0) is 17.1. The largest absolute Gasteiger partial charge is 0.396 e. The quantitative estimate of drug-likeness (QED) is 0.825. The summed E-state index contributed by atoms with van der Waals surface area (Å²) < 4.78 is 13.0. The van der Waals surface area contributed by atoms with Gasteiger partial charge < -0.3 is 10.4 Å². The maximum Gasteiger partial charge on any atom is 0.256 e. The van der Waals surface area contributed by atoms with E-state index in [1.54, 1.807) is 0 Å². The molecule has 1 fully saturated rings. The van der Waals surface area contributed by atoms with Crippen LogP contribution in [0.4, 0.5) is 15.8 Å². The van der Waals surface area contributed by atoms with Crippen molar-refractivity contribution in [2.45, 2.75) is 18.9 Å². The van der Waals surface area contributed by atoms with Gasteiger partial charge in [0.2, 0.25) is 5.91 Å². The third-order valence-electron chi connectivity index (χ3n) is 3.93. The molecule has 0 bridgehead atoms. The molecule has 24 heavy (non-hydrogen) atoms. The van der Waals surface area contributed by atoms with Crippen LogP contribution in [0.2, 0.25) is 0 Å². The Morgan fingerprint density at radius 1 is 1.08 bits per heavy atom. The minimum atomic E-state index is -0.647. The Balaban J connectivity index is 1.72. The fraction of sp³-hybridized carbons (Fsp3) is 0.222. The number of hydrogen-bond acceptors (Lipinski definition) is 4. The summed E-state index contributed by atoms with van der Waals surface area (Å²) in [5, 5.41) is 12.0. The van der Waals surface area contributed by atoms with Crippen LogP contribution in [0, 0.1) is 5.82 Å². The molecule has 0 saturated carbocycles. The minimum absolute atomic E-state index is 0.0502. The zero-order valence-corrected chi connectivity index (χ0v) is 12.9. The number of nitrogens with one attached hydrogen (secondary N) is 1. The summed E-state index contributed by atoms with van der Waals surface area (Å²) in [6, 6.07) is 12.0. The van der Waals surface area contributed by atoms with Gasteiger partial charge in [0.1, 0.15) is 11.9 Å². The molecule has 1 atom stereocenters. The van der Waals surface area contributed by atoms with E-state index in [1.807, 2.05) is 24.3 Å².